The number of nitrogens with one attached hydrogen (secondary N) is 2. The molecule has 0 unspecified atom stereocenters. The summed E-state index contributed by atoms with van der Waals surface area (Å²) in [7, 11) is 1.83. The zero-order valence-electron chi connectivity index (χ0n) is 15.3. The second-order valence-corrected chi connectivity index (χ2v) is 6.55. The van der Waals surface area contributed by atoms with Gasteiger partial charge in [0.05, 0.1) is 5.69 Å². The number of ether oxygens (including phenoxy) is 1. The molecule has 2 N–H and O–H groups in total. The van der Waals surface area contributed by atoms with Crippen molar-refractivity contribution in [1.29, 1.82) is 0 Å². The molecule has 1 aromatic carbocycles. The van der Waals surface area contributed by atoms with Crippen LogP contribution in [0.1, 0.15) is 24.5 Å². The van der Waals surface area contributed by atoms with Gasteiger partial charge in [-0.25, -0.2) is 14.6 Å². The molecule has 10 heteroatoms. The Labute approximate surface area is 161 Å². The molecular weight excluding hydrogens is 360 g/mol. The van der Waals surface area contributed by atoms with Crippen LogP contribution in [0.25, 0.3) is 5.69 Å². The number of rotatable bonds is 7. The highest BCUT2D eigenvalue weighted by molar-refractivity contribution is 5.78. The Kier molecular flexibility index (Phi) is 5.09. The molecule has 1 amide bonds. The number of carbonyl (C=O) groups excluding carboxylic acids is 1. The van der Waals surface area contributed by atoms with Gasteiger partial charge in [-0.2, -0.15) is 0 Å². The molecule has 2 aromatic heterocycles. The molecule has 1 saturated carbocycles. The predicted octanol–water partition coefficient (Wildman–Crippen LogP) is 0.935. The van der Waals surface area contributed by atoms with E-state index in [0.29, 0.717) is 11.7 Å². The van der Waals surface area contributed by atoms with E-state index in [-0.39, 0.29) is 18.6 Å². The SMILES string of the molecule is CNc1cc(C2CC(NC(=O)COc3ccc(-n4cnnn4)cc3)C2)ncn1. The fourth-order valence-corrected chi connectivity index (χ4v) is 3.10. The van der Waals surface area contributed by atoms with Crippen LogP contribution >= 0.6 is 0 Å². The third-order valence-corrected chi connectivity index (χ3v) is 4.69. The Morgan fingerprint density at radius 2 is 2.07 bits per heavy atom. The summed E-state index contributed by atoms with van der Waals surface area (Å²) in [6.07, 6.45) is 4.81. The number of hydrogen-bond donors (Lipinski definition) is 2. The van der Waals surface area contributed by atoms with E-state index in [0.717, 1.165) is 30.0 Å². The number of carbonyl (C=O) groups is 1. The first-order valence-corrected chi connectivity index (χ1v) is 8.96. The number of nitrogens with zero attached hydrogens (tertiary/aromatic N) is 6. The molecule has 1 aliphatic carbocycles. The normalized spacial score (nSPS) is 18.2. The summed E-state index contributed by atoms with van der Waals surface area (Å²) in [5, 5.41) is 17.0. The van der Waals surface area contributed by atoms with Gasteiger partial charge in [-0.1, -0.05) is 0 Å². The van der Waals surface area contributed by atoms with E-state index in [1.807, 2.05) is 25.2 Å². The summed E-state index contributed by atoms with van der Waals surface area (Å²) >= 11 is 0. The average molecular weight is 380 g/mol. The molecule has 1 fully saturated rings. The van der Waals surface area contributed by atoms with Crippen LogP contribution < -0.4 is 15.4 Å². The van der Waals surface area contributed by atoms with Crippen molar-refractivity contribution in [3.8, 4) is 11.4 Å². The molecule has 0 bridgehead atoms. The molecule has 10 nitrogen and oxygen atoms in total. The zero-order chi connectivity index (χ0) is 19.3. The largest absolute Gasteiger partial charge is 0.484 e. The van der Waals surface area contributed by atoms with Gasteiger partial charge < -0.3 is 15.4 Å². The number of hydrogen-bond acceptors (Lipinski definition) is 8. The van der Waals surface area contributed by atoms with E-state index in [9.17, 15) is 4.79 Å². The minimum absolute atomic E-state index is 0.0250. The van der Waals surface area contributed by atoms with Crippen molar-refractivity contribution < 1.29 is 9.53 Å². The van der Waals surface area contributed by atoms with Gasteiger partial charge in [0, 0.05) is 30.8 Å². The van der Waals surface area contributed by atoms with Gasteiger partial charge in [0.2, 0.25) is 0 Å². The molecule has 0 saturated heterocycles. The van der Waals surface area contributed by atoms with Gasteiger partial charge in [0.1, 0.15) is 24.2 Å². The summed E-state index contributed by atoms with van der Waals surface area (Å²) in [5.74, 6) is 1.63. The van der Waals surface area contributed by atoms with E-state index in [1.165, 1.54) is 6.33 Å². The van der Waals surface area contributed by atoms with Crippen molar-refractivity contribution in [2.24, 2.45) is 0 Å². The van der Waals surface area contributed by atoms with Crippen molar-refractivity contribution in [3.63, 3.8) is 0 Å². The highest BCUT2D eigenvalue weighted by Crippen LogP contribution is 2.36. The van der Waals surface area contributed by atoms with Gasteiger partial charge in [-0.3, -0.25) is 4.79 Å². The van der Waals surface area contributed by atoms with E-state index in [1.54, 1.807) is 23.1 Å². The fraction of sp³-hybridized carbons (Fsp3) is 0.333. The van der Waals surface area contributed by atoms with Crippen LogP contribution in [-0.4, -0.2) is 55.8 Å². The molecule has 144 valence electrons. The van der Waals surface area contributed by atoms with Crippen molar-refractivity contribution in [3.05, 3.63) is 48.7 Å². The first kappa shape index (κ1) is 17.8. The second-order valence-electron chi connectivity index (χ2n) is 6.55. The monoisotopic (exact) mass is 380 g/mol. The number of amides is 1. The summed E-state index contributed by atoms with van der Waals surface area (Å²) in [4.78, 5) is 20.6. The number of benzene rings is 1. The topological polar surface area (TPSA) is 120 Å². The Morgan fingerprint density at radius 1 is 1.25 bits per heavy atom. The van der Waals surface area contributed by atoms with Crippen molar-refractivity contribution in [2.75, 3.05) is 19.0 Å². The summed E-state index contributed by atoms with van der Waals surface area (Å²) in [6, 6.07) is 9.29. The Balaban J connectivity index is 1.21. The van der Waals surface area contributed by atoms with Crippen LogP contribution in [0.2, 0.25) is 0 Å². The lowest BCUT2D eigenvalue weighted by atomic mass is 9.78. The first-order valence-electron chi connectivity index (χ1n) is 8.96. The van der Waals surface area contributed by atoms with E-state index < -0.39 is 0 Å². The lowest BCUT2D eigenvalue weighted by molar-refractivity contribution is -0.124. The van der Waals surface area contributed by atoms with Crippen LogP contribution in [0.4, 0.5) is 5.82 Å². The van der Waals surface area contributed by atoms with Crippen LogP contribution in [0.15, 0.2) is 43.0 Å². The maximum Gasteiger partial charge on any atom is 0.258 e. The van der Waals surface area contributed by atoms with Gasteiger partial charge in [0.15, 0.2) is 6.61 Å². The summed E-state index contributed by atoms with van der Waals surface area (Å²) < 4.78 is 7.09. The number of aromatic nitrogens is 6. The van der Waals surface area contributed by atoms with Crippen LogP contribution in [0.5, 0.6) is 5.75 Å². The lowest BCUT2D eigenvalue weighted by Crippen LogP contribution is -2.45. The molecule has 0 spiro atoms. The standard InChI is InChI=1S/C18H20N8O2/c1-19-17-8-16(20-10-21-17)12-6-13(7-12)23-18(27)9-28-15-4-2-14(3-5-15)26-11-22-24-25-26/h2-5,8,10-13H,6-7,9H2,1H3,(H,23,27)(H,19,20,21). The Hall–Kier alpha value is -3.56. The minimum atomic E-state index is -0.133. The minimum Gasteiger partial charge on any atom is -0.484 e. The molecule has 2 heterocycles. The number of anilines is 1. The lowest BCUT2D eigenvalue weighted by Gasteiger charge is -2.35. The highest BCUT2D eigenvalue weighted by Gasteiger charge is 2.32. The second kappa shape index (κ2) is 7.99. The predicted molar refractivity (Wildman–Crippen MR) is 100 cm³/mol. The van der Waals surface area contributed by atoms with Crippen molar-refractivity contribution in [1.82, 2.24) is 35.5 Å². The summed E-state index contributed by atoms with van der Waals surface area (Å²) in [5.41, 5.74) is 1.82. The molecule has 1 aliphatic rings. The van der Waals surface area contributed by atoms with Gasteiger partial charge in [-0.05, 0) is 47.5 Å². The first-order chi connectivity index (χ1) is 13.7. The molecule has 3 aromatic rings. The third-order valence-electron chi connectivity index (χ3n) is 4.69. The molecule has 0 aliphatic heterocycles. The third kappa shape index (κ3) is 4.05. The molecule has 4 rings (SSSR count). The van der Waals surface area contributed by atoms with E-state index in [4.69, 9.17) is 4.74 Å². The maximum atomic E-state index is 12.1. The van der Waals surface area contributed by atoms with E-state index >= 15 is 0 Å². The zero-order valence-corrected chi connectivity index (χ0v) is 15.3. The fourth-order valence-electron chi connectivity index (χ4n) is 3.10. The molecule has 0 radical (unpaired) electrons. The van der Waals surface area contributed by atoms with E-state index in [2.05, 4.69) is 36.1 Å². The smallest absolute Gasteiger partial charge is 0.258 e. The van der Waals surface area contributed by atoms with Crippen molar-refractivity contribution >= 4 is 11.7 Å². The van der Waals surface area contributed by atoms with Crippen LogP contribution in [-0.2, 0) is 4.79 Å². The van der Waals surface area contributed by atoms with Crippen LogP contribution in [0, 0.1) is 0 Å². The van der Waals surface area contributed by atoms with Gasteiger partial charge in [-0.15, -0.1) is 5.10 Å². The molecular formula is C18H20N8O2. The van der Waals surface area contributed by atoms with Gasteiger partial charge >= 0.3 is 0 Å². The quantitative estimate of drug-likeness (QED) is 0.621. The van der Waals surface area contributed by atoms with Crippen molar-refractivity contribution in [2.45, 2.75) is 24.8 Å². The Bertz CT molecular complexity index is 923. The average Bonchev–Trinajstić information content (AvgIpc) is 3.24. The molecule has 28 heavy (non-hydrogen) atoms. The number of tetrazole rings is 1. The summed E-state index contributed by atoms with van der Waals surface area (Å²) in [6.45, 7) is -0.0250. The Morgan fingerprint density at radius 3 is 2.79 bits per heavy atom. The van der Waals surface area contributed by atoms with Crippen LogP contribution in [0.3, 0.4) is 0 Å². The molecule has 0 atom stereocenters. The van der Waals surface area contributed by atoms with Gasteiger partial charge in [0.25, 0.3) is 5.91 Å². The maximum absolute atomic E-state index is 12.1. The highest BCUT2D eigenvalue weighted by atomic mass is 16.5.